The molecular formula is C60H94O6. The third kappa shape index (κ3) is 5.67. The Morgan fingerprint density at radius 2 is 1.05 bits per heavy atom. The van der Waals surface area contributed by atoms with Crippen LogP contribution < -0.4 is 0 Å². The van der Waals surface area contributed by atoms with Gasteiger partial charge in [0.1, 0.15) is 6.10 Å². The number of aliphatic hydroxyl groups is 2. The van der Waals surface area contributed by atoms with Gasteiger partial charge in [-0.3, -0.25) is 9.59 Å². The predicted molar refractivity (Wildman–Crippen MR) is 263 cm³/mol. The quantitative estimate of drug-likeness (QED) is 0.192. The van der Waals surface area contributed by atoms with Gasteiger partial charge in [-0.15, -0.1) is 0 Å². The largest absolute Gasteiger partial charge is 0.481 e. The van der Waals surface area contributed by atoms with Crippen molar-refractivity contribution in [3.8, 4) is 0 Å². The van der Waals surface area contributed by atoms with Crippen LogP contribution >= 0.6 is 0 Å². The molecule has 0 saturated heterocycles. The van der Waals surface area contributed by atoms with Crippen LogP contribution in [0.5, 0.6) is 0 Å². The number of aliphatic hydroxyl groups excluding tert-OH is 2. The van der Waals surface area contributed by atoms with E-state index < -0.39 is 28.3 Å². The molecule has 0 aromatic rings. The first-order chi connectivity index (χ1) is 30.7. The Morgan fingerprint density at radius 3 is 1.58 bits per heavy atom. The van der Waals surface area contributed by atoms with Crippen molar-refractivity contribution in [3.63, 3.8) is 0 Å². The van der Waals surface area contributed by atoms with E-state index in [0.717, 1.165) is 116 Å². The summed E-state index contributed by atoms with van der Waals surface area (Å²) in [7, 11) is 0. The zero-order valence-corrected chi connectivity index (χ0v) is 44.1. The van der Waals surface area contributed by atoms with Crippen molar-refractivity contribution in [3.05, 3.63) is 23.3 Å². The summed E-state index contributed by atoms with van der Waals surface area (Å²) in [6, 6.07) is 0. The second-order valence-electron chi connectivity index (χ2n) is 28.9. The molecule has 4 unspecified atom stereocenters. The highest BCUT2D eigenvalue weighted by Gasteiger charge is 2.73. The van der Waals surface area contributed by atoms with E-state index in [9.17, 15) is 20.1 Å². The molecule has 8 saturated carbocycles. The van der Waals surface area contributed by atoms with E-state index in [0.29, 0.717) is 47.3 Å². The number of hydrogen-bond donors (Lipinski definition) is 3. The van der Waals surface area contributed by atoms with Gasteiger partial charge in [-0.25, -0.2) is 0 Å². The van der Waals surface area contributed by atoms with Crippen LogP contribution in [-0.4, -0.2) is 46.1 Å². The van der Waals surface area contributed by atoms with Gasteiger partial charge in [0.05, 0.1) is 23.5 Å². The minimum absolute atomic E-state index is 0.00833. The number of carbonyl (C=O) groups is 2. The topological polar surface area (TPSA) is 104 Å². The van der Waals surface area contributed by atoms with E-state index in [1.165, 1.54) is 5.57 Å². The Balaban J connectivity index is 0.932. The van der Waals surface area contributed by atoms with Crippen molar-refractivity contribution >= 4 is 11.9 Å². The number of carbonyl (C=O) groups excluding carboxylic acids is 1. The molecule has 10 rings (SSSR count). The van der Waals surface area contributed by atoms with Crippen LogP contribution in [0.3, 0.4) is 0 Å². The number of esters is 1. The SMILES string of the molecule is C[C@H]1[C@H](C)CC[C@]2(C(=O)O)CC[C@]3(C)C(=CC[C@@H]4[C@@]5(C)CC[C@H](OC(=O)[C@]67CC[C@@H](C)[C@H](C)[C@H]6C6=CCC8[C@@]9(C)CC[C@H](O)C(C)(CO)C9CC[C@@]8(C)[C@]6(C)CC7)C(C)(C)C5CC[C@]43C)[C@H]12. The lowest BCUT2D eigenvalue weighted by Gasteiger charge is -2.72. The maximum absolute atomic E-state index is 15.7. The highest BCUT2D eigenvalue weighted by atomic mass is 16.5. The monoisotopic (exact) mass is 911 g/mol. The smallest absolute Gasteiger partial charge is 0.312 e. The third-order valence-electron chi connectivity index (χ3n) is 27.1. The first kappa shape index (κ1) is 48.0. The highest BCUT2D eigenvalue weighted by Crippen LogP contribution is 2.78. The van der Waals surface area contributed by atoms with Gasteiger partial charge in [-0.1, -0.05) is 113 Å². The highest BCUT2D eigenvalue weighted by molar-refractivity contribution is 5.79. The summed E-state index contributed by atoms with van der Waals surface area (Å²) in [5, 5.41) is 33.0. The molecule has 0 amide bonds. The van der Waals surface area contributed by atoms with Gasteiger partial charge in [0.25, 0.3) is 0 Å². The third-order valence-corrected chi connectivity index (χ3v) is 27.1. The molecule has 3 N–H and O–H groups in total. The maximum atomic E-state index is 15.7. The minimum Gasteiger partial charge on any atom is -0.481 e. The zero-order chi connectivity index (χ0) is 47.8. The molecule has 21 atom stereocenters. The maximum Gasteiger partial charge on any atom is 0.312 e. The molecule has 66 heavy (non-hydrogen) atoms. The molecule has 0 aromatic carbocycles. The summed E-state index contributed by atoms with van der Waals surface area (Å²) in [5.41, 5.74) is 1.66. The summed E-state index contributed by atoms with van der Waals surface area (Å²) in [6.07, 6.45) is 22.5. The lowest BCUT2D eigenvalue weighted by molar-refractivity contribution is -0.227. The van der Waals surface area contributed by atoms with E-state index in [4.69, 9.17) is 4.74 Å². The summed E-state index contributed by atoms with van der Waals surface area (Å²) in [5.74, 6) is 3.46. The number of allylic oxidation sites excluding steroid dienone is 4. The average molecular weight is 911 g/mol. The second-order valence-corrected chi connectivity index (χ2v) is 28.9. The van der Waals surface area contributed by atoms with Crippen LogP contribution in [0.15, 0.2) is 23.3 Å². The lowest BCUT2D eigenvalue weighted by Crippen LogP contribution is -2.66. The van der Waals surface area contributed by atoms with Crippen LogP contribution in [0.2, 0.25) is 0 Å². The van der Waals surface area contributed by atoms with Gasteiger partial charge in [-0.2, -0.15) is 0 Å². The zero-order valence-electron chi connectivity index (χ0n) is 44.1. The number of ether oxygens (including phenoxy) is 1. The van der Waals surface area contributed by atoms with Crippen molar-refractivity contribution in [2.45, 2.75) is 218 Å². The van der Waals surface area contributed by atoms with E-state index in [-0.39, 0.29) is 68.4 Å². The summed E-state index contributed by atoms with van der Waals surface area (Å²) < 4.78 is 7.26. The molecule has 0 aromatic heterocycles. The fourth-order valence-corrected chi connectivity index (χ4v) is 22.2. The van der Waals surface area contributed by atoms with E-state index in [1.807, 2.05) is 0 Å². The molecular weight excluding hydrogens is 817 g/mol. The number of carboxylic acid groups (broad SMARTS) is 1. The lowest BCUT2D eigenvalue weighted by atomic mass is 9.33. The molecule has 6 nitrogen and oxygen atoms in total. The van der Waals surface area contributed by atoms with Crippen molar-refractivity contribution in [1.82, 2.24) is 0 Å². The van der Waals surface area contributed by atoms with Crippen molar-refractivity contribution in [2.75, 3.05) is 6.61 Å². The average Bonchev–Trinajstić information content (AvgIpc) is 3.26. The first-order valence-corrected chi connectivity index (χ1v) is 27.9. The molecule has 10 aliphatic rings. The van der Waals surface area contributed by atoms with Crippen molar-refractivity contribution in [1.29, 1.82) is 0 Å². The summed E-state index contributed by atoms with van der Waals surface area (Å²) in [4.78, 5) is 29.0. The number of fused-ring (bicyclic) bond motifs is 14. The Hall–Kier alpha value is -1.66. The molecule has 8 fully saturated rings. The normalized spacial score (nSPS) is 57.0. The molecule has 370 valence electrons. The van der Waals surface area contributed by atoms with Crippen molar-refractivity contribution in [2.24, 2.45) is 113 Å². The molecule has 0 spiro atoms. The van der Waals surface area contributed by atoms with Gasteiger partial charge in [0.15, 0.2) is 0 Å². The summed E-state index contributed by atoms with van der Waals surface area (Å²) in [6.45, 7) is 32.3. The van der Waals surface area contributed by atoms with Gasteiger partial charge in [-0.05, 0) is 207 Å². The second kappa shape index (κ2) is 14.9. The number of rotatable bonds is 4. The number of hydrogen-bond acceptors (Lipinski definition) is 5. The molecule has 0 radical (unpaired) electrons. The van der Waals surface area contributed by atoms with Crippen molar-refractivity contribution < 1.29 is 29.6 Å². The van der Waals surface area contributed by atoms with Crippen LogP contribution in [0.1, 0.15) is 206 Å². The Morgan fingerprint density at radius 1 is 0.576 bits per heavy atom. The molecule has 0 heterocycles. The Kier molecular flexibility index (Phi) is 10.9. The van der Waals surface area contributed by atoms with E-state index in [1.54, 1.807) is 5.57 Å². The van der Waals surface area contributed by atoms with Crippen LogP contribution in [0, 0.1) is 113 Å². The Labute approximate surface area is 401 Å². The molecule has 10 aliphatic carbocycles. The fourth-order valence-electron chi connectivity index (χ4n) is 22.2. The van der Waals surface area contributed by atoms with E-state index >= 15 is 4.79 Å². The minimum atomic E-state index is -0.620. The van der Waals surface area contributed by atoms with Gasteiger partial charge in [0.2, 0.25) is 0 Å². The van der Waals surface area contributed by atoms with Crippen LogP contribution in [-0.2, 0) is 14.3 Å². The van der Waals surface area contributed by atoms with Gasteiger partial charge < -0.3 is 20.1 Å². The van der Waals surface area contributed by atoms with Crippen LogP contribution in [0.25, 0.3) is 0 Å². The molecule has 6 heteroatoms. The van der Waals surface area contributed by atoms with Gasteiger partial charge >= 0.3 is 11.9 Å². The first-order valence-electron chi connectivity index (χ1n) is 27.9. The van der Waals surface area contributed by atoms with Gasteiger partial charge in [0, 0.05) is 10.8 Å². The Bertz CT molecular complexity index is 2070. The fraction of sp³-hybridized carbons (Fsp3) is 0.900. The molecule has 0 aliphatic heterocycles. The number of carboxylic acids is 1. The van der Waals surface area contributed by atoms with E-state index in [2.05, 4.69) is 102 Å². The van der Waals surface area contributed by atoms with Crippen LogP contribution in [0.4, 0.5) is 0 Å². The summed E-state index contributed by atoms with van der Waals surface area (Å²) >= 11 is 0. The predicted octanol–water partition coefficient (Wildman–Crippen LogP) is 13.6. The number of aliphatic carboxylic acids is 1. The molecule has 0 bridgehead atoms. The standard InChI is InChI=1S/C60H94O6/c1-35-18-28-59(49(63)64)32-30-55(10)39(47(59)37(35)3)14-16-43-52(7)25-23-46(51(5,6)41(52)20-26-57(43,55)12)66-50(65)60-29-19-36(2)38(4)48(60)40-15-17-44-53(8)24-22-45(62)54(9,34-61)42(53)21-27-58(44,13)56(40,11)31-33-60/h14-15,35-38,41-48,61-62H,16-34H2,1-13H3,(H,63,64)/t35-,36-,37+,38+,41?,42?,43-,44?,45+,46+,47+,48+,52+,53+,54?,55-,56-,57-,58-,59+,60+/m1/s1.